The second-order valence-electron chi connectivity index (χ2n) is 4.74. The lowest BCUT2D eigenvalue weighted by molar-refractivity contribution is 0.252. The molecular weight excluding hydrogens is 246 g/mol. The van der Waals surface area contributed by atoms with Crippen LogP contribution in [-0.4, -0.2) is 38.1 Å². The summed E-state index contributed by atoms with van der Waals surface area (Å²) in [6, 6.07) is 4.11. The number of hydrogen-bond acceptors (Lipinski definition) is 2. The molecule has 0 spiro atoms. The maximum absolute atomic E-state index is 13.6. The van der Waals surface area contributed by atoms with E-state index in [0.29, 0.717) is 11.7 Å². The molecule has 0 unspecified atom stereocenters. The molecule has 0 radical (unpaired) electrons. The standard InChI is InChI=1S/C13H18F2N2.C2H6/c1-16-7-5-11(6-8-16)17(2)13-4-3-10(14)9-12(13)15;1-2/h3-4,9,11H,5-8H2,1-2H3;1-2H3. The van der Waals surface area contributed by atoms with Crippen molar-refractivity contribution in [3.05, 3.63) is 29.8 Å². The maximum Gasteiger partial charge on any atom is 0.149 e. The largest absolute Gasteiger partial charge is 0.369 e. The highest BCUT2D eigenvalue weighted by Gasteiger charge is 2.22. The summed E-state index contributed by atoms with van der Waals surface area (Å²) < 4.78 is 26.5. The second-order valence-corrected chi connectivity index (χ2v) is 4.74. The zero-order chi connectivity index (χ0) is 14.4. The molecule has 1 saturated heterocycles. The van der Waals surface area contributed by atoms with Crippen molar-refractivity contribution in [3.8, 4) is 0 Å². The van der Waals surface area contributed by atoms with Gasteiger partial charge in [0.2, 0.25) is 0 Å². The molecule has 19 heavy (non-hydrogen) atoms. The van der Waals surface area contributed by atoms with Crippen LogP contribution < -0.4 is 4.90 Å². The molecule has 4 heteroatoms. The summed E-state index contributed by atoms with van der Waals surface area (Å²) in [5.74, 6) is -1.01. The molecule has 1 aliphatic rings. The molecule has 1 heterocycles. The van der Waals surface area contributed by atoms with E-state index >= 15 is 0 Å². The van der Waals surface area contributed by atoms with Gasteiger partial charge < -0.3 is 9.80 Å². The van der Waals surface area contributed by atoms with Crippen LogP contribution in [0.5, 0.6) is 0 Å². The first-order valence-corrected chi connectivity index (χ1v) is 6.94. The van der Waals surface area contributed by atoms with Gasteiger partial charge in [0.05, 0.1) is 5.69 Å². The van der Waals surface area contributed by atoms with Crippen LogP contribution in [-0.2, 0) is 0 Å². The molecule has 2 nitrogen and oxygen atoms in total. The number of likely N-dealkylation sites (tertiary alicyclic amines) is 1. The lowest BCUT2D eigenvalue weighted by Crippen LogP contribution is -2.42. The predicted octanol–water partition coefficient (Wildman–Crippen LogP) is 3.52. The van der Waals surface area contributed by atoms with E-state index in [2.05, 4.69) is 11.9 Å². The van der Waals surface area contributed by atoms with Crippen LogP contribution in [0.4, 0.5) is 14.5 Å². The van der Waals surface area contributed by atoms with Gasteiger partial charge in [0.15, 0.2) is 0 Å². The molecule has 0 aliphatic carbocycles. The molecule has 0 N–H and O–H groups in total. The zero-order valence-electron chi connectivity index (χ0n) is 12.3. The van der Waals surface area contributed by atoms with Gasteiger partial charge in [-0.05, 0) is 45.1 Å². The van der Waals surface area contributed by atoms with Gasteiger partial charge in [-0.25, -0.2) is 8.78 Å². The molecule has 1 aliphatic heterocycles. The van der Waals surface area contributed by atoms with Crippen LogP contribution in [0.25, 0.3) is 0 Å². The van der Waals surface area contributed by atoms with E-state index in [-0.39, 0.29) is 0 Å². The lowest BCUT2D eigenvalue weighted by atomic mass is 10.0. The van der Waals surface area contributed by atoms with E-state index in [9.17, 15) is 8.78 Å². The number of benzene rings is 1. The molecule has 0 saturated carbocycles. The smallest absolute Gasteiger partial charge is 0.149 e. The Morgan fingerprint density at radius 1 is 1.16 bits per heavy atom. The van der Waals surface area contributed by atoms with Gasteiger partial charge in [-0.1, -0.05) is 13.8 Å². The van der Waals surface area contributed by atoms with E-state index in [4.69, 9.17) is 0 Å². The molecule has 0 amide bonds. The quantitative estimate of drug-likeness (QED) is 0.811. The van der Waals surface area contributed by atoms with Gasteiger partial charge in [0.1, 0.15) is 11.6 Å². The minimum absolute atomic E-state index is 0.339. The summed E-state index contributed by atoms with van der Waals surface area (Å²) >= 11 is 0. The third-order valence-electron chi connectivity index (χ3n) is 3.53. The van der Waals surface area contributed by atoms with Gasteiger partial charge >= 0.3 is 0 Å². The number of piperidine rings is 1. The van der Waals surface area contributed by atoms with Gasteiger partial charge in [-0.15, -0.1) is 0 Å². The van der Waals surface area contributed by atoms with Crippen LogP contribution in [0, 0.1) is 11.6 Å². The summed E-state index contributed by atoms with van der Waals surface area (Å²) in [5.41, 5.74) is 0.487. The Bertz CT molecular complexity index is 388. The van der Waals surface area contributed by atoms with Gasteiger partial charge in [-0.3, -0.25) is 0 Å². The van der Waals surface area contributed by atoms with E-state index in [1.54, 1.807) is 0 Å². The van der Waals surface area contributed by atoms with Crippen LogP contribution in [0.3, 0.4) is 0 Å². The van der Waals surface area contributed by atoms with Crippen LogP contribution in [0.1, 0.15) is 26.7 Å². The van der Waals surface area contributed by atoms with Gasteiger partial charge in [0.25, 0.3) is 0 Å². The molecule has 0 atom stereocenters. The Labute approximate surface area is 115 Å². The molecule has 2 rings (SSSR count). The Kier molecular flexibility index (Phi) is 6.22. The predicted molar refractivity (Wildman–Crippen MR) is 76.6 cm³/mol. The van der Waals surface area contributed by atoms with Crippen molar-refractivity contribution in [1.82, 2.24) is 4.90 Å². The number of halogens is 2. The summed E-state index contributed by atoms with van der Waals surface area (Å²) in [6.07, 6.45) is 2.04. The minimum Gasteiger partial charge on any atom is -0.369 e. The van der Waals surface area contributed by atoms with E-state index in [1.165, 1.54) is 12.1 Å². The number of nitrogens with zero attached hydrogens (tertiary/aromatic N) is 2. The highest BCUT2D eigenvalue weighted by molar-refractivity contribution is 5.48. The van der Waals surface area contributed by atoms with Crippen molar-refractivity contribution in [2.24, 2.45) is 0 Å². The minimum atomic E-state index is -0.525. The number of anilines is 1. The number of rotatable bonds is 2. The Morgan fingerprint density at radius 2 is 1.74 bits per heavy atom. The van der Waals surface area contributed by atoms with Crippen molar-refractivity contribution in [1.29, 1.82) is 0 Å². The monoisotopic (exact) mass is 270 g/mol. The maximum atomic E-state index is 13.6. The highest BCUT2D eigenvalue weighted by atomic mass is 19.1. The third kappa shape index (κ3) is 4.16. The van der Waals surface area contributed by atoms with Crippen molar-refractivity contribution in [3.63, 3.8) is 0 Å². The van der Waals surface area contributed by atoms with Crippen LogP contribution >= 0.6 is 0 Å². The average Bonchev–Trinajstić information content (AvgIpc) is 2.41. The molecular formula is C15H24F2N2. The molecule has 0 aromatic heterocycles. The summed E-state index contributed by atoms with van der Waals surface area (Å²) in [4.78, 5) is 4.20. The van der Waals surface area contributed by atoms with Crippen molar-refractivity contribution in [2.75, 3.05) is 32.1 Å². The SMILES string of the molecule is CC.CN1CCC(N(C)c2ccc(F)cc2F)CC1. The fraction of sp³-hybridized carbons (Fsp3) is 0.600. The van der Waals surface area contributed by atoms with Crippen molar-refractivity contribution < 1.29 is 8.78 Å². The normalized spacial score (nSPS) is 16.7. The van der Waals surface area contributed by atoms with Gasteiger partial charge in [0, 0.05) is 19.2 Å². The molecule has 108 valence electrons. The lowest BCUT2D eigenvalue weighted by Gasteiger charge is -2.36. The van der Waals surface area contributed by atoms with E-state index in [1.807, 2.05) is 25.8 Å². The topological polar surface area (TPSA) is 6.48 Å². The van der Waals surface area contributed by atoms with Crippen molar-refractivity contribution >= 4 is 5.69 Å². The first-order valence-electron chi connectivity index (χ1n) is 6.94. The molecule has 1 aromatic carbocycles. The van der Waals surface area contributed by atoms with Crippen molar-refractivity contribution in [2.45, 2.75) is 32.7 Å². The average molecular weight is 270 g/mol. The Balaban J connectivity index is 0.000000861. The van der Waals surface area contributed by atoms with E-state index < -0.39 is 11.6 Å². The Morgan fingerprint density at radius 3 is 2.26 bits per heavy atom. The van der Waals surface area contributed by atoms with Gasteiger partial charge in [-0.2, -0.15) is 0 Å². The summed E-state index contributed by atoms with van der Waals surface area (Å²) in [7, 11) is 3.97. The third-order valence-corrected chi connectivity index (χ3v) is 3.53. The molecule has 1 aromatic rings. The Hall–Kier alpha value is -1.16. The van der Waals surface area contributed by atoms with Crippen LogP contribution in [0.2, 0.25) is 0 Å². The van der Waals surface area contributed by atoms with Crippen LogP contribution in [0.15, 0.2) is 18.2 Å². The molecule has 0 bridgehead atoms. The first kappa shape index (κ1) is 15.9. The first-order chi connectivity index (χ1) is 9.08. The fourth-order valence-corrected chi connectivity index (χ4v) is 2.35. The number of hydrogen-bond donors (Lipinski definition) is 0. The summed E-state index contributed by atoms with van der Waals surface area (Å²) in [6.45, 7) is 6.05. The second kappa shape index (κ2) is 7.43. The molecule has 1 fully saturated rings. The van der Waals surface area contributed by atoms with E-state index in [0.717, 1.165) is 32.0 Å². The summed E-state index contributed by atoms with van der Waals surface area (Å²) in [5, 5.41) is 0. The fourth-order valence-electron chi connectivity index (χ4n) is 2.35. The zero-order valence-corrected chi connectivity index (χ0v) is 12.3. The highest BCUT2D eigenvalue weighted by Crippen LogP contribution is 2.24.